The lowest BCUT2D eigenvalue weighted by Gasteiger charge is -2.39. The van der Waals surface area contributed by atoms with Gasteiger partial charge in [-0.1, -0.05) is 30.9 Å². The molecule has 2 aliphatic heterocycles. The molecular formula is C23H30FN3O2S. The molecule has 3 rings (SSSR count). The minimum Gasteiger partial charge on any atom is -0.388 e. The van der Waals surface area contributed by atoms with E-state index in [2.05, 4.69) is 16.8 Å². The van der Waals surface area contributed by atoms with Gasteiger partial charge in [-0.15, -0.1) is 0 Å². The van der Waals surface area contributed by atoms with Gasteiger partial charge in [0, 0.05) is 24.4 Å². The molecule has 0 saturated carbocycles. The number of piperidine rings is 1. The zero-order chi connectivity index (χ0) is 21.7. The average Bonchev–Trinajstić information content (AvgIpc) is 2.74. The molecule has 30 heavy (non-hydrogen) atoms. The van der Waals surface area contributed by atoms with Crippen molar-refractivity contribution in [3.8, 4) is 0 Å². The van der Waals surface area contributed by atoms with Crippen LogP contribution in [-0.2, 0) is 0 Å². The van der Waals surface area contributed by atoms with Gasteiger partial charge in [-0.3, -0.25) is 0 Å². The van der Waals surface area contributed by atoms with E-state index in [9.17, 15) is 14.6 Å². The fourth-order valence-electron chi connectivity index (χ4n) is 4.09. The van der Waals surface area contributed by atoms with Gasteiger partial charge < -0.3 is 25.3 Å². The second-order valence-corrected chi connectivity index (χ2v) is 8.13. The molecule has 2 atom stereocenters. The van der Waals surface area contributed by atoms with Crippen LogP contribution in [0.1, 0.15) is 31.4 Å². The quantitative estimate of drug-likeness (QED) is 0.577. The number of thiocarbonyl (C=S) groups is 1. The van der Waals surface area contributed by atoms with E-state index < -0.39 is 12.3 Å². The average molecular weight is 432 g/mol. The summed E-state index contributed by atoms with van der Waals surface area (Å²) in [6.45, 7) is 8.81. The summed E-state index contributed by atoms with van der Waals surface area (Å²) >= 11 is 5.45. The first-order valence-electron chi connectivity index (χ1n) is 10.4. The lowest BCUT2D eigenvalue weighted by atomic mass is 9.87. The third-order valence-corrected chi connectivity index (χ3v) is 6.22. The predicted octanol–water partition coefficient (Wildman–Crippen LogP) is 3.10. The Morgan fingerprint density at radius 2 is 1.93 bits per heavy atom. The minimum atomic E-state index is -0.819. The summed E-state index contributed by atoms with van der Waals surface area (Å²) in [5.74, 6) is -0.130. The Morgan fingerprint density at radius 3 is 2.53 bits per heavy atom. The number of rotatable bonds is 7. The maximum atomic E-state index is 13.1. The maximum absolute atomic E-state index is 13.1. The van der Waals surface area contributed by atoms with Gasteiger partial charge in [0.05, 0.1) is 6.10 Å². The van der Waals surface area contributed by atoms with Crippen molar-refractivity contribution < 1.29 is 14.6 Å². The van der Waals surface area contributed by atoms with Crippen molar-refractivity contribution in [2.75, 3.05) is 26.2 Å². The Bertz CT molecular complexity index is 816. The third-order valence-electron chi connectivity index (χ3n) is 5.89. The van der Waals surface area contributed by atoms with Crippen LogP contribution >= 0.6 is 12.2 Å². The molecular weight excluding hydrogens is 401 g/mol. The Hall–Kier alpha value is -2.06. The summed E-state index contributed by atoms with van der Waals surface area (Å²) in [6.07, 6.45) is 5.77. The van der Waals surface area contributed by atoms with Crippen LogP contribution in [0.3, 0.4) is 0 Å². The molecule has 5 nitrogen and oxygen atoms in total. The van der Waals surface area contributed by atoms with Crippen molar-refractivity contribution in [3.63, 3.8) is 0 Å². The molecule has 7 heteroatoms. The lowest BCUT2D eigenvalue weighted by Crippen LogP contribution is -2.53. The van der Waals surface area contributed by atoms with E-state index >= 15 is 0 Å². The number of hydrogen-bond acceptors (Lipinski definition) is 4. The van der Waals surface area contributed by atoms with Gasteiger partial charge in [0.25, 0.3) is 0 Å². The number of aliphatic hydroxyl groups is 2. The molecule has 0 aromatic heterocycles. The molecule has 162 valence electrons. The SMILES string of the molecule is C=CC1=C(/C=C\C)NC(=S)N(CCN2CCC(C(O)c3ccc(F)cc3)CC2)C1O. The van der Waals surface area contributed by atoms with Crippen LogP contribution < -0.4 is 5.32 Å². The first kappa shape index (κ1) is 22.6. The van der Waals surface area contributed by atoms with Gasteiger partial charge in [-0.05, 0) is 74.8 Å². The molecule has 1 aromatic carbocycles. The van der Waals surface area contributed by atoms with Crippen LogP contribution in [0, 0.1) is 11.7 Å². The smallest absolute Gasteiger partial charge is 0.175 e. The van der Waals surface area contributed by atoms with Crippen LogP contribution in [0.15, 0.2) is 60.3 Å². The molecule has 2 heterocycles. The molecule has 0 amide bonds. The fourth-order valence-corrected chi connectivity index (χ4v) is 4.40. The zero-order valence-electron chi connectivity index (χ0n) is 17.3. The first-order valence-corrected chi connectivity index (χ1v) is 10.8. The zero-order valence-corrected chi connectivity index (χ0v) is 18.1. The van der Waals surface area contributed by atoms with Gasteiger partial charge in [0.1, 0.15) is 5.82 Å². The predicted molar refractivity (Wildman–Crippen MR) is 121 cm³/mol. The van der Waals surface area contributed by atoms with E-state index in [1.54, 1.807) is 23.1 Å². The molecule has 0 spiro atoms. The van der Waals surface area contributed by atoms with Crippen molar-refractivity contribution >= 4 is 17.3 Å². The highest BCUT2D eigenvalue weighted by Gasteiger charge is 2.30. The summed E-state index contributed by atoms with van der Waals surface area (Å²) in [4.78, 5) is 4.10. The van der Waals surface area contributed by atoms with Gasteiger partial charge >= 0.3 is 0 Å². The highest BCUT2D eigenvalue weighted by Crippen LogP contribution is 2.31. The van der Waals surface area contributed by atoms with Crippen molar-refractivity contribution in [1.82, 2.24) is 15.1 Å². The summed E-state index contributed by atoms with van der Waals surface area (Å²) in [5.41, 5.74) is 2.25. The van der Waals surface area contributed by atoms with E-state index in [0.717, 1.165) is 43.7 Å². The number of hydrogen-bond donors (Lipinski definition) is 3. The highest BCUT2D eigenvalue weighted by atomic mass is 32.1. The number of nitrogens with zero attached hydrogens (tertiary/aromatic N) is 2. The largest absolute Gasteiger partial charge is 0.388 e. The van der Waals surface area contributed by atoms with Gasteiger partial charge in [-0.25, -0.2) is 4.39 Å². The molecule has 1 saturated heterocycles. The Morgan fingerprint density at radius 1 is 1.27 bits per heavy atom. The van der Waals surface area contributed by atoms with Gasteiger partial charge in [-0.2, -0.15) is 0 Å². The summed E-state index contributed by atoms with van der Waals surface area (Å²) in [6, 6.07) is 6.10. The molecule has 0 aliphatic carbocycles. The normalized spacial score (nSPS) is 22.5. The minimum absolute atomic E-state index is 0.161. The van der Waals surface area contributed by atoms with Crippen LogP contribution in [0.2, 0.25) is 0 Å². The Labute approximate surface area is 183 Å². The van der Waals surface area contributed by atoms with E-state index in [-0.39, 0.29) is 11.7 Å². The van der Waals surface area contributed by atoms with Crippen molar-refractivity contribution in [2.45, 2.75) is 32.1 Å². The molecule has 0 radical (unpaired) electrons. The number of halogens is 1. The number of benzene rings is 1. The van der Waals surface area contributed by atoms with Gasteiger partial charge in [0.15, 0.2) is 11.3 Å². The van der Waals surface area contributed by atoms with Crippen molar-refractivity contribution in [1.29, 1.82) is 0 Å². The first-order chi connectivity index (χ1) is 14.4. The fraction of sp³-hybridized carbons (Fsp3) is 0.435. The molecule has 0 bridgehead atoms. The molecule has 2 unspecified atom stereocenters. The highest BCUT2D eigenvalue weighted by molar-refractivity contribution is 7.80. The number of aliphatic hydroxyl groups excluding tert-OH is 2. The van der Waals surface area contributed by atoms with E-state index in [4.69, 9.17) is 12.2 Å². The third kappa shape index (κ3) is 5.16. The van der Waals surface area contributed by atoms with Crippen LogP contribution in [-0.4, -0.2) is 57.5 Å². The molecule has 2 aliphatic rings. The van der Waals surface area contributed by atoms with Crippen molar-refractivity contribution in [3.05, 3.63) is 71.7 Å². The van der Waals surface area contributed by atoms with Crippen LogP contribution in [0.4, 0.5) is 4.39 Å². The van der Waals surface area contributed by atoms with Gasteiger partial charge in [0.2, 0.25) is 0 Å². The van der Waals surface area contributed by atoms with Crippen LogP contribution in [0.25, 0.3) is 0 Å². The lowest BCUT2D eigenvalue weighted by molar-refractivity contribution is 0.0460. The maximum Gasteiger partial charge on any atom is 0.175 e. The molecule has 1 fully saturated rings. The summed E-state index contributed by atoms with van der Waals surface area (Å²) in [7, 11) is 0. The monoisotopic (exact) mass is 431 g/mol. The van der Waals surface area contributed by atoms with E-state index in [1.165, 1.54) is 12.1 Å². The second-order valence-electron chi connectivity index (χ2n) is 7.75. The standard InChI is InChI=1S/C23H30FN3O2S/c1-3-5-20-19(4-2)22(29)27(23(30)25-20)15-14-26-12-10-17(11-13-26)21(28)16-6-8-18(24)9-7-16/h3-9,17,21-22,28-29H,2,10-15H2,1H3,(H,25,30)/b5-3-. The van der Waals surface area contributed by atoms with E-state index in [0.29, 0.717) is 17.2 Å². The topological polar surface area (TPSA) is 59.0 Å². The molecule has 3 N–H and O–H groups in total. The summed E-state index contributed by atoms with van der Waals surface area (Å²) < 4.78 is 13.1. The van der Waals surface area contributed by atoms with E-state index in [1.807, 2.05) is 19.1 Å². The summed E-state index contributed by atoms with van der Waals surface area (Å²) in [5, 5.41) is 25.0. The Kier molecular flexibility index (Phi) is 7.77. The van der Waals surface area contributed by atoms with Crippen molar-refractivity contribution in [2.24, 2.45) is 5.92 Å². The number of allylic oxidation sites excluding steroid dienone is 2. The second kappa shape index (κ2) is 10.3. The Balaban J connectivity index is 1.52. The molecule has 1 aromatic rings. The number of likely N-dealkylation sites (tertiary alicyclic amines) is 1. The number of nitrogens with one attached hydrogen (secondary N) is 1. The van der Waals surface area contributed by atoms with Crippen LogP contribution in [0.5, 0.6) is 0 Å².